The van der Waals surface area contributed by atoms with Gasteiger partial charge >= 0.3 is 12.1 Å². The van der Waals surface area contributed by atoms with Crippen LogP contribution >= 0.6 is 23.2 Å². The van der Waals surface area contributed by atoms with Gasteiger partial charge in [-0.05, 0) is 60.2 Å². The predicted molar refractivity (Wildman–Crippen MR) is 118 cm³/mol. The van der Waals surface area contributed by atoms with Crippen molar-refractivity contribution in [3.8, 4) is 0 Å². The van der Waals surface area contributed by atoms with Crippen LogP contribution in [0.3, 0.4) is 0 Å². The first-order chi connectivity index (χ1) is 14.0. The summed E-state index contributed by atoms with van der Waals surface area (Å²) in [6, 6.07) is 20.0. The van der Waals surface area contributed by atoms with Crippen LogP contribution in [-0.2, 0) is 6.54 Å². The van der Waals surface area contributed by atoms with Crippen LogP contribution in [0.4, 0.5) is 26.7 Å². The molecule has 0 atom stereocenters. The summed E-state index contributed by atoms with van der Waals surface area (Å²) in [5.41, 5.74) is 2.58. The van der Waals surface area contributed by atoms with Crippen LogP contribution in [0, 0.1) is 0 Å². The molecule has 3 aromatic rings. The van der Waals surface area contributed by atoms with Gasteiger partial charge in [0.25, 0.3) is 0 Å². The van der Waals surface area contributed by atoms with Gasteiger partial charge in [-0.3, -0.25) is 0 Å². The summed E-state index contributed by atoms with van der Waals surface area (Å²) in [6.45, 7) is 0.233. The van der Waals surface area contributed by atoms with Crippen molar-refractivity contribution in [2.45, 2.75) is 6.54 Å². The molecular weight excluding hydrogens is 411 g/mol. The SMILES string of the molecule is O=C(NCc1ccccc1NC(=O)Nc1ccc(Cl)cc1)Nc1ccc(Cl)cc1. The molecule has 4 amide bonds. The Morgan fingerprint density at radius 3 is 1.76 bits per heavy atom. The quantitative estimate of drug-likeness (QED) is 0.404. The second-order valence-corrected chi connectivity index (χ2v) is 6.93. The summed E-state index contributed by atoms with van der Waals surface area (Å²) in [5, 5.41) is 12.2. The first-order valence-electron chi connectivity index (χ1n) is 8.71. The first kappa shape index (κ1) is 20.5. The van der Waals surface area contributed by atoms with Crippen molar-refractivity contribution in [2.75, 3.05) is 16.0 Å². The van der Waals surface area contributed by atoms with E-state index in [1.54, 1.807) is 60.7 Å². The van der Waals surface area contributed by atoms with Crippen molar-refractivity contribution in [3.05, 3.63) is 88.4 Å². The highest BCUT2D eigenvalue weighted by atomic mass is 35.5. The molecule has 0 heterocycles. The van der Waals surface area contributed by atoms with Crippen molar-refractivity contribution in [3.63, 3.8) is 0 Å². The molecule has 0 spiro atoms. The van der Waals surface area contributed by atoms with Crippen LogP contribution in [0.15, 0.2) is 72.8 Å². The smallest absolute Gasteiger partial charge is 0.323 e. The Labute approximate surface area is 178 Å². The number of benzene rings is 3. The van der Waals surface area contributed by atoms with Crippen molar-refractivity contribution in [2.24, 2.45) is 0 Å². The molecule has 0 bridgehead atoms. The van der Waals surface area contributed by atoms with E-state index in [-0.39, 0.29) is 12.6 Å². The number of halogens is 2. The van der Waals surface area contributed by atoms with Crippen molar-refractivity contribution < 1.29 is 9.59 Å². The number of hydrogen-bond donors (Lipinski definition) is 4. The molecular formula is C21H18Cl2N4O2. The van der Waals surface area contributed by atoms with Gasteiger partial charge in [0.05, 0.1) is 0 Å². The standard InChI is InChI=1S/C21H18Cl2N4O2/c22-15-5-9-17(10-6-15)25-20(28)24-13-14-3-1-2-4-19(14)27-21(29)26-18-11-7-16(23)8-12-18/h1-12H,13H2,(H2,24,25,28)(H2,26,27,29). The summed E-state index contributed by atoms with van der Waals surface area (Å²) in [7, 11) is 0. The largest absolute Gasteiger partial charge is 0.334 e. The van der Waals surface area contributed by atoms with Crippen LogP contribution in [0.1, 0.15) is 5.56 Å². The minimum absolute atomic E-state index is 0.233. The summed E-state index contributed by atoms with van der Waals surface area (Å²) in [4.78, 5) is 24.4. The average molecular weight is 429 g/mol. The molecule has 0 aromatic heterocycles. The number of hydrogen-bond acceptors (Lipinski definition) is 2. The Morgan fingerprint density at radius 1 is 0.655 bits per heavy atom. The number of urea groups is 2. The molecule has 6 nitrogen and oxygen atoms in total. The van der Waals surface area contributed by atoms with Crippen LogP contribution in [0.25, 0.3) is 0 Å². The van der Waals surface area contributed by atoms with Crippen LogP contribution in [0.2, 0.25) is 10.0 Å². The topological polar surface area (TPSA) is 82.3 Å². The van der Waals surface area contributed by atoms with E-state index in [0.29, 0.717) is 27.1 Å². The Morgan fingerprint density at radius 2 is 1.17 bits per heavy atom. The molecule has 0 aliphatic rings. The molecule has 0 radical (unpaired) electrons. The number of amides is 4. The Kier molecular flexibility index (Phi) is 6.94. The highest BCUT2D eigenvalue weighted by Crippen LogP contribution is 2.17. The zero-order valence-corrected chi connectivity index (χ0v) is 16.7. The molecule has 148 valence electrons. The molecule has 8 heteroatoms. The fraction of sp³-hybridized carbons (Fsp3) is 0.0476. The number of nitrogens with one attached hydrogen (secondary N) is 4. The summed E-state index contributed by atoms with van der Waals surface area (Å²) < 4.78 is 0. The molecule has 0 aliphatic heterocycles. The van der Waals surface area contributed by atoms with Crippen LogP contribution in [-0.4, -0.2) is 12.1 Å². The number of carbonyl (C=O) groups is 2. The lowest BCUT2D eigenvalue weighted by Crippen LogP contribution is -2.29. The van der Waals surface area contributed by atoms with Gasteiger partial charge in [-0.2, -0.15) is 0 Å². The third-order valence-electron chi connectivity index (χ3n) is 3.91. The fourth-order valence-corrected chi connectivity index (χ4v) is 2.75. The number of carbonyl (C=O) groups excluding carboxylic acids is 2. The molecule has 0 saturated carbocycles. The lowest BCUT2D eigenvalue weighted by Gasteiger charge is -2.13. The summed E-state index contributed by atoms with van der Waals surface area (Å²) in [5.74, 6) is 0. The minimum Gasteiger partial charge on any atom is -0.334 e. The lowest BCUT2D eigenvalue weighted by molar-refractivity contribution is 0.251. The molecule has 3 aromatic carbocycles. The number of anilines is 3. The van der Waals surface area contributed by atoms with E-state index in [0.717, 1.165) is 5.56 Å². The Hall–Kier alpha value is -3.22. The van der Waals surface area contributed by atoms with E-state index in [9.17, 15) is 9.59 Å². The monoisotopic (exact) mass is 428 g/mol. The van der Waals surface area contributed by atoms with E-state index in [4.69, 9.17) is 23.2 Å². The summed E-state index contributed by atoms with van der Waals surface area (Å²) in [6.07, 6.45) is 0. The maximum absolute atomic E-state index is 12.3. The number of rotatable bonds is 5. The predicted octanol–water partition coefficient (Wildman–Crippen LogP) is 5.96. The molecule has 0 aliphatic carbocycles. The van der Waals surface area contributed by atoms with E-state index in [1.165, 1.54) is 0 Å². The average Bonchev–Trinajstić information content (AvgIpc) is 2.71. The molecule has 0 unspecified atom stereocenters. The molecule has 0 saturated heterocycles. The van der Waals surface area contributed by atoms with Gasteiger partial charge < -0.3 is 21.3 Å². The van der Waals surface area contributed by atoms with Crippen molar-refractivity contribution in [1.82, 2.24) is 5.32 Å². The van der Waals surface area contributed by atoms with E-state index >= 15 is 0 Å². The lowest BCUT2D eigenvalue weighted by atomic mass is 10.2. The molecule has 3 rings (SSSR count). The molecule has 29 heavy (non-hydrogen) atoms. The van der Waals surface area contributed by atoms with Crippen LogP contribution in [0.5, 0.6) is 0 Å². The maximum atomic E-state index is 12.3. The zero-order valence-electron chi connectivity index (χ0n) is 15.2. The van der Waals surface area contributed by atoms with Crippen LogP contribution < -0.4 is 21.3 Å². The van der Waals surface area contributed by atoms with E-state index < -0.39 is 6.03 Å². The van der Waals surface area contributed by atoms with Crippen molar-refractivity contribution in [1.29, 1.82) is 0 Å². The van der Waals surface area contributed by atoms with E-state index in [1.807, 2.05) is 12.1 Å². The summed E-state index contributed by atoms with van der Waals surface area (Å²) >= 11 is 11.7. The highest BCUT2D eigenvalue weighted by Gasteiger charge is 2.08. The van der Waals surface area contributed by atoms with Gasteiger partial charge in [-0.1, -0.05) is 41.4 Å². The Bertz CT molecular complexity index is 992. The van der Waals surface area contributed by atoms with Gasteiger partial charge in [0.1, 0.15) is 0 Å². The zero-order chi connectivity index (χ0) is 20.6. The third-order valence-corrected chi connectivity index (χ3v) is 4.41. The Balaban J connectivity index is 1.56. The normalized spacial score (nSPS) is 10.1. The number of para-hydroxylation sites is 1. The second kappa shape index (κ2) is 9.82. The van der Waals surface area contributed by atoms with Gasteiger partial charge in [0, 0.05) is 33.7 Å². The van der Waals surface area contributed by atoms with E-state index in [2.05, 4.69) is 21.3 Å². The second-order valence-electron chi connectivity index (χ2n) is 6.06. The molecule has 4 N–H and O–H groups in total. The fourth-order valence-electron chi connectivity index (χ4n) is 2.50. The highest BCUT2D eigenvalue weighted by molar-refractivity contribution is 6.31. The van der Waals surface area contributed by atoms with Gasteiger partial charge in [-0.15, -0.1) is 0 Å². The molecule has 0 fully saturated rings. The van der Waals surface area contributed by atoms with Gasteiger partial charge in [0.15, 0.2) is 0 Å². The third kappa shape index (κ3) is 6.41. The first-order valence-corrected chi connectivity index (χ1v) is 9.47. The van der Waals surface area contributed by atoms with Gasteiger partial charge in [0.2, 0.25) is 0 Å². The van der Waals surface area contributed by atoms with Gasteiger partial charge in [-0.25, -0.2) is 9.59 Å². The maximum Gasteiger partial charge on any atom is 0.323 e. The minimum atomic E-state index is -0.398. The van der Waals surface area contributed by atoms with Crippen molar-refractivity contribution >= 4 is 52.3 Å².